The van der Waals surface area contributed by atoms with Gasteiger partial charge < -0.3 is 10.2 Å². The number of halogens is 2. The number of benzene rings is 3. The summed E-state index contributed by atoms with van der Waals surface area (Å²) in [7, 11) is -4.18. The lowest BCUT2D eigenvalue weighted by atomic mass is 10.1. The van der Waals surface area contributed by atoms with E-state index < -0.39 is 34.3 Å². The first-order valence-corrected chi connectivity index (χ1v) is 14.0. The average Bonchev–Trinajstić information content (AvgIpc) is 2.89. The molecule has 0 saturated carbocycles. The predicted molar refractivity (Wildman–Crippen MR) is 147 cm³/mol. The van der Waals surface area contributed by atoms with Crippen molar-refractivity contribution in [2.45, 2.75) is 44.7 Å². The van der Waals surface area contributed by atoms with Crippen LogP contribution in [0.5, 0.6) is 0 Å². The minimum Gasteiger partial charge on any atom is -0.355 e. The van der Waals surface area contributed by atoms with Crippen molar-refractivity contribution in [2.75, 3.05) is 17.4 Å². The molecule has 0 aliphatic rings. The summed E-state index contributed by atoms with van der Waals surface area (Å²) in [5.41, 5.74) is 1.82. The summed E-state index contributed by atoms with van der Waals surface area (Å²) in [6.45, 7) is 5.23. The Balaban J connectivity index is 2.04. The lowest BCUT2D eigenvalue weighted by Gasteiger charge is -2.33. The Bertz CT molecular complexity index is 1350. The highest BCUT2D eigenvalue weighted by Gasteiger charge is 2.33. The third-order valence-electron chi connectivity index (χ3n) is 6.01. The smallest absolute Gasteiger partial charge is 0.264 e. The Hall–Kier alpha value is -3.43. The van der Waals surface area contributed by atoms with Crippen LogP contribution in [0.15, 0.2) is 77.7 Å². The van der Waals surface area contributed by atoms with Gasteiger partial charge in [-0.3, -0.25) is 13.9 Å². The van der Waals surface area contributed by atoms with Gasteiger partial charge in [-0.05, 0) is 74.4 Å². The van der Waals surface area contributed by atoms with Gasteiger partial charge in [-0.1, -0.05) is 48.4 Å². The van der Waals surface area contributed by atoms with Crippen LogP contribution in [-0.4, -0.2) is 44.3 Å². The van der Waals surface area contributed by atoms with Crippen molar-refractivity contribution < 1.29 is 22.4 Å². The van der Waals surface area contributed by atoms with Gasteiger partial charge >= 0.3 is 0 Å². The van der Waals surface area contributed by atoms with Crippen molar-refractivity contribution in [1.29, 1.82) is 0 Å². The number of carbonyl (C=O) groups is 2. The van der Waals surface area contributed by atoms with Crippen LogP contribution in [0.25, 0.3) is 0 Å². The third-order valence-corrected chi connectivity index (χ3v) is 8.05. The van der Waals surface area contributed by atoms with Crippen molar-refractivity contribution in [1.82, 2.24) is 10.2 Å². The zero-order valence-corrected chi connectivity index (χ0v) is 23.1. The normalized spacial score (nSPS) is 12.0. The third kappa shape index (κ3) is 7.11. The van der Waals surface area contributed by atoms with E-state index in [4.69, 9.17) is 11.6 Å². The van der Waals surface area contributed by atoms with Gasteiger partial charge in [0.1, 0.15) is 18.4 Å². The molecule has 0 heterocycles. The van der Waals surface area contributed by atoms with Gasteiger partial charge in [0.25, 0.3) is 10.0 Å². The molecule has 202 valence electrons. The van der Waals surface area contributed by atoms with Gasteiger partial charge in [-0.2, -0.15) is 0 Å². The van der Waals surface area contributed by atoms with Gasteiger partial charge in [-0.25, -0.2) is 12.8 Å². The molecule has 38 heavy (non-hydrogen) atoms. The largest absolute Gasteiger partial charge is 0.355 e. The van der Waals surface area contributed by atoms with Crippen LogP contribution in [0.2, 0.25) is 5.02 Å². The monoisotopic (exact) mass is 559 g/mol. The quantitative estimate of drug-likeness (QED) is 0.361. The number of anilines is 1. The van der Waals surface area contributed by atoms with Crippen molar-refractivity contribution in [3.8, 4) is 0 Å². The van der Waals surface area contributed by atoms with E-state index in [1.165, 1.54) is 53.4 Å². The van der Waals surface area contributed by atoms with E-state index in [1.807, 2.05) is 6.92 Å². The second-order valence-electron chi connectivity index (χ2n) is 8.77. The maximum Gasteiger partial charge on any atom is 0.264 e. The Morgan fingerprint density at radius 2 is 1.55 bits per heavy atom. The van der Waals surface area contributed by atoms with Crippen LogP contribution in [-0.2, 0) is 26.2 Å². The van der Waals surface area contributed by atoms with E-state index in [2.05, 4.69) is 5.32 Å². The Morgan fingerprint density at radius 1 is 0.947 bits per heavy atom. The fraction of sp³-hybridized carbons (Fsp3) is 0.286. The minimum atomic E-state index is -4.18. The number of carbonyl (C=O) groups excluding carboxylic acids is 2. The van der Waals surface area contributed by atoms with Crippen molar-refractivity contribution in [3.05, 3.63) is 94.8 Å². The van der Waals surface area contributed by atoms with Crippen molar-refractivity contribution in [3.63, 3.8) is 0 Å². The molecule has 0 radical (unpaired) electrons. The molecule has 0 fully saturated rings. The summed E-state index contributed by atoms with van der Waals surface area (Å²) in [6.07, 6.45) is 0.299. The van der Waals surface area contributed by atoms with Gasteiger partial charge in [0.2, 0.25) is 11.8 Å². The summed E-state index contributed by atoms with van der Waals surface area (Å²) in [5, 5.41) is 3.12. The van der Waals surface area contributed by atoms with Gasteiger partial charge in [0, 0.05) is 18.1 Å². The molecular formula is C28H31ClFN3O4S. The number of rotatable bonds is 11. The lowest BCUT2D eigenvalue weighted by Crippen LogP contribution is -2.52. The van der Waals surface area contributed by atoms with Gasteiger partial charge in [-0.15, -0.1) is 0 Å². The van der Waals surface area contributed by atoms with Gasteiger partial charge in [0.15, 0.2) is 0 Å². The molecule has 0 aliphatic heterocycles. The number of aryl methyl sites for hydroxylation is 1. The van der Waals surface area contributed by atoms with Crippen LogP contribution < -0.4 is 9.62 Å². The molecule has 3 rings (SSSR count). The highest BCUT2D eigenvalue weighted by Crippen LogP contribution is 2.26. The predicted octanol–water partition coefficient (Wildman–Crippen LogP) is 4.93. The number of likely N-dealkylation sites (N-methyl/N-ethyl adjacent to an activating group) is 1. The molecule has 7 nitrogen and oxygen atoms in total. The topological polar surface area (TPSA) is 86.8 Å². The van der Waals surface area contributed by atoms with Crippen LogP contribution in [0.4, 0.5) is 10.1 Å². The molecule has 0 unspecified atom stereocenters. The van der Waals surface area contributed by atoms with E-state index >= 15 is 0 Å². The maximum absolute atomic E-state index is 13.9. The van der Waals surface area contributed by atoms with Gasteiger partial charge in [0.05, 0.1) is 10.6 Å². The molecule has 0 saturated heterocycles. The first-order chi connectivity index (χ1) is 18.1. The Kier molecular flexibility index (Phi) is 9.88. The molecular weight excluding hydrogens is 529 g/mol. The Labute approximate surface area is 228 Å². The first kappa shape index (κ1) is 29.1. The summed E-state index contributed by atoms with van der Waals surface area (Å²) < 4.78 is 42.0. The number of nitrogens with zero attached hydrogens (tertiary/aromatic N) is 2. The maximum atomic E-state index is 13.9. The van der Waals surface area contributed by atoms with E-state index in [0.29, 0.717) is 29.2 Å². The van der Waals surface area contributed by atoms with Crippen LogP contribution in [0.3, 0.4) is 0 Å². The second-order valence-corrected chi connectivity index (χ2v) is 11.1. The zero-order valence-electron chi connectivity index (χ0n) is 21.5. The standard InChI is InChI=1S/C28H31ClFN3O4S/c1-4-26(28(35)31-5-2)32(18-21-8-12-23(30)13-9-21)27(34)19-33(24-14-6-20(3)7-15-24)38(36,37)25-16-10-22(29)11-17-25/h6-17,26H,4-5,18-19H2,1-3H3,(H,31,35)/t26-/m0/s1. The summed E-state index contributed by atoms with van der Waals surface area (Å²) in [5.74, 6) is -1.36. The molecule has 0 spiro atoms. The van der Waals surface area contributed by atoms with E-state index in [-0.39, 0.29) is 17.3 Å². The first-order valence-electron chi connectivity index (χ1n) is 12.2. The highest BCUT2D eigenvalue weighted by molar-refractivity contribution is 7.92. The molecule has 0 aliphatic carbocycles. The molecule has 1 N–H and O–H groups in total. The summed E-state index contributed by atoms with van der Waals surface area (Å²) >= 11 is 5.96. The summed E-state index contributed by atoms with van der Waals surface area (Å²) in [4.78, 5) is 28.1. The second kappa shape index (κ2) is 12.9. The molecule has 0 bridgehead atoms. The van der Waals surface area contributed by atoms with Crippen molar-refractivity contribution >= 4 is 39.1 Å². The molecule has 3 aromatic rings. The minimum absolute atomic E-state index is 0.00250. The molecule has 1 atom stereocenters. The SMILES string of the molecule is CCNC(=O)[C@H](CC)N(Cc1ccc(F)cc1)C(=O)CN(c1ccc(C)cc1)S(=O)(=O)c1ccc(Cl)cc1. The number of nitrogens with one attached hydrogen (secondary N) is 1. The van der Waals surface area contributed by atoms with Crippen molar-refractivity contribution in [2.24, 2.45) is 0 Å². The van der Waals surface area contributed by atoms with E-state index in [9.17, 15) is 22.4 Å². The van der Waals surface area contributed by atoms with Crippen LogP contribution in [0.1, 0.15) is 31.4 Å². The average molecular weight is 560 g/mol. The zero-order chi connectivity index (χ0) is 27.9. The van der Waals surface area contributed by atoms with E-state index in [1.54, 1.807) is 38.1 Å². The number of amides is 2. The fourth-order valence-electron chi connectivity index (χ4n) is 3.97. The molecule has 10 heteroatoms. The molecule has 0 aromatic heterocycles. The Morgan fingerprint density at radius 3 is 2.11 bits per heavy atom. The van der Waals surface area contributed by atoms with Crippen LogP contribution in [0, 0.1) is 12.7 Å². The molecule has 2 amide bonds. The summed E-state index contributed by atoms with van der Waals surface area (Å²) in [6, 6.07) is 17.2. The molecule has 3 aromatic carbocycles. The number of hydrogen-bond donors (Lipinski definition) is 1. The van der Waals surface area contributed by atoms with E-state index in [0.717, 1.165) is 9.87 Å². The number of hydrogen-bond acceptors (Lipinski definition) is 4. The van der Waals surface area contributed by atoms with Crippen LogP contribution >= 0.6 is 11.6 Å². The fourth-order valence-corrected chi connectivity index (χ4v) is 5.51. The number of sulfonamides is 1. The highest BCUT2D eigenvalue weighted by atomic mass is 35.5. The lowest BCUT2D eigenvalue weighted by molar-refractivity contribution is -0.140.